The molecule has 0 fully saturated rings. The van der Waals surface area contributed by atoms with E-state index < -0.39 is 22.0 Å². The molecule has 4 rings (SSSR count). The largest absolute Gasteiger partial charge is 0.476 e. The third-order valence-corrected chi connectivity index (χ3v) is 7.41. The summed E-state index contributed by atoms with van der Waals surface area (Å²) in [7, 11) is -3.95. The van der Waals surface area contributed by atoms with Gasteiger partial charge in [0.05, 0.1) is 17.1 Å². The number of carbonyl (C=O) groups excluding carboxylic acids is 1. The maximum absolute atomic E-state index is 13.4. The minimum Gasteiger partial charge on any atom is -0.476 e. The van der Waals surface area contributed by atoms with Gasteiger partial charge in [-0.2, -0.15) is 0 Å². The molecule has 9 heteroatoms. The standard InChI is InChI=1S/C22H18Cl2N2O4S/c1-14-17(24)5-4-6-18(14)25-22(27)21-13-26(19-7-2-3-8-20(19)30-21)31(28,29)16-11-9-15(23)10-12-16/h2-12,21H,13H2,1H3,(H,25,27). The number of amides is 1. The number of carbonyl (C=O) groups is 1. The summed E-state index contributed by atoms with van der Waals surface area (Å²) < 4.78 is 33.8. The van der Waals surface area contributed by atoms with Gasteiger partial charge in [0.25, 0.3) is 15.9 Å². The Balaban J connectivity index is 1.68. The Kier molecular flexibility index (Phi) is 5.83. The molecule has 3 aromatic carbocycles. The molecular formula is C22H18Cl2N2O4S. The van der Waals surface area contributed by atoms with Gasteiger partial charge in [-0.1, -0.05) is 41.4 Å². The van der Waals surface area contributed by atoms with Crippen molar-refractivity contribution in [3.63, 3.8) is 0 Å². The van der Waals surface area contributed by atoms with Crippen molar-refractivity contribution in [2.24, 2.45) is 0 Å². The molecule has 0 aromatic heterocycles. The number of rotatable bonds is 4. The van der Waals surface area contributed by atoms with E-state index in [1.54, 1.807) is 49.4 Å². The number of fused-ring (bicyclic) bond motifs is 1. The van der Waals surface area contributed by atoms with Crippen LogP contribution in [0.3, 0.4) is 0 Å². The zero-order valence-corrected chi connectivity index (χ0v) is 18.7. The van der Waals surface area contributed by atoms with E-state index in [9.17, 15) is 13.2 Å². The molecule has 31 heavy (non-hydrogen) atoms. The number of anilines is 2. The van der Waals surface area contributed by atoms with Crippen LogP contribution in [0.15, 0.2) is 71.6 Å². The highest BCUT2D eigenvalue weighted by Crippen LogP contribution is 2.37. The van der Waals surface area contributed by atoms with Crippen molar-refractivity contribution in [1.29, 1.82) is 0 Å². The normalized spacial score (nSPS) is 15.7. The molecule has 1 aliphatic rings. The van der Waals surface area contributed by atoms with E-state index >= 15 is 0 Å². The smallest absolute Gasteiger partial charge is 0.267 e. The number of sulfonamides is 1. The van der Waals surface area contributed by atoms with Gasteiger partial charge in [-0.25, -0.2) is 8.42 Å². The first-order valence-electron chi connectivity index (χ1n) is 9.37. The van der Waals surface area contributed by atoms with Crippen LogP contribution in [-0.4, -0.2) is 27.0 Å². The zero-order chi connectivity index (χ0) is 22.2. The summed E-state index contributed by atoms with van der Waals surface area (Å²) in [6.07, 6.45) is -1.06. The van der Waals surface area contributed by atoms with Crippen LogP contribution >= 0.6 is 23.2 Å². The van der Waals surface area contributed by atoms with E-state index in [1.165, 1.54) is 28.6 Å². The van der Waals surface area contributed by atoms with Crippen molar-refractivity contribution in [3.8, 4) is 5.75 Å². The van der Waals surface area contributed by atoms with Crippen molar-refractivity contribution >= 4 is 50.5 Å². The summed E-state index contributed by atoms with van der Waals surface area (Å²) in [6, 6.07) is 17.7. The number of hydrogen-bond acceptors (Lipinski definition) is 4. The molecule has 0 aliphatic carbocycles. The zero-order valence-electron chi connectivity index (χ0n) is 16.4. The lowest BCUT2D eigenvalue weighted by molar-refractivity contribution is -0.122. The molecule has 1 heterocycles. The highest BCUT2D eigenvalue weighted by atomic mass is 35.5. The number of benzene rings is 3. The van der Waals surface area contributed by atoms with E-state index in [-0.39, 0.29) is 11.4 Å². The summed E-state index contributed by atoms with van der Waals surface area (Å²) in [5, 5.41) is 3.72. The Morgan fingerprint density at radius 3 is 2.48 bits per heavy atom. The van der Waals surface area contributed by atoms with Crippen LogP contribution in [0, 0.1) is 6.92 Å². The lowest BCUT2D eigenvalue weighted by Crippen LogP contribution is -2.48. The lowest BCUT2D eigenvalue weighted by Gasteiger charge is -2.34. The van der Waals surface area contributed by atoms with E-state index in [2.05, 4.69) is 5.32 Å². The van der Waals surface area contributed by atoms with Gasteiger partial charge < -0.3 is 10.1 Å². The van der Waals surface area contributed by atoms with Crippen LogP contribution in [0.5, 0.6) is 5.75 Å². The van der Waals surface area contributed by atoms with Gasteiger partial charge in [0.1, 0.15) is 5.75 Å². The molecule has 0 bridgehead atoms. The van der Waals surface area contributed by atoms with E-state index in [0.717, 1.165) is 0 Å². The number of para-hydroxylation sites is 2. The third kappa shape index (κ3) is 4.21. The summed E-state index contributed by atoms with van der Waals surface area (Å²) in [6.45, 7) is 1.60. The first kappa shape index (κ1) is 21.5. The number of hydrogen-bond donors (Lipinski definition) is 1. The lowest BCUT2D eigenvalue weighted by atomic mass is 10.1. The monoisotopic (exact) mass is 476 g/mol. The average molecular weight is 477 g/mol. The van der Waals surface area contributed by atoms with Crippen LogP contribution in [-0.2, 0) is 14.8 Å². The Hall–Kier alpha value is -2.74. The van der Waals surface area contributed by atoms with E-state index in [1.807, 2.05) is 0 Å². The van der Waals surface area contributed by atoms with Crippen LogP contribution in [0.25, 0.3) is 0 Å². The first-order valence-corrected chi connectivity index (χ1v) is 11.6. The molecule has 0 spiro atoms. The highest BCUT2D eigenvalue weighted by molar-refractivity contribution is 7.92. The van der Waals surface area contributed by atoms with Crippen molar-refractivity contribution in [1.82, 2.24) is 0 Å². The van der Waals surface area contributed by atoms with Gasteiger partial charge in [-0.15, -0.1) is 0 Å². The molecule has 160 valence electrons. The third-order valence-electron chi connectivity index (χ3n) is 4.95. The van der Waals surface area contributed by atoms with Crippen molar-refractivity contribution in [2.75, 3.05) is 16.2 Å². The number of nitrogens with one attached hydrogen (secondary N) is 1. The van der Waals surface area contributed by atoms with Crippen molar-refractivity contribution in [2.45, 2.75) is 17.9 Å². The van der Waals surface area contributed by atoms with Crippen LogP contribution in [0.2, 0.25) is 10.0 Å². The predicted octanol–water partition coefficient (Wildman–Crippen LogP) is 4.90. The van der Waals surface area contributed by atoms with Gasteiger partial charge in [-0.05, 0) is 61.0 Å². The molecule has 0 saturated carbocycles. The molecule has 1 unspecified atom stereocenters. The maximum atomic E-state index is 13.4. The van der Waals surface area contributed by atoms with Crippen LogP contribution < -0.4 is 14.4 Å². The second kappa shape index (κ2) is 8.42. The van der Waals surface area contributed by atoms with Gasteiger partial charge in [0.2, 0.25) is 0 Å². The SMILES string of the molecule is Cc1c(Cl)cccc1NC(=O)C1CN(S(=O)(=O)c2ccc(Cl)cc2)c2ccccc2O1. The quantitative estimate of drug-likeness (QED) is 0.580. The van der Waals surface area contributed by atoms with Gasteiger partial charge in [0.15, 0.2) is 6.10 Å². The van der Waals surface area contributed by atoms with Crippen molar-refractivity contribution < 1.29 is 17.9 Å². The summed E-state index contributed by atoms with van der Waals surface area (Å²) >= 11 is 12.0. The fourth-order valence-electron chi connectivity index (χ4n) is 3.26. The fraction of sp³-hybridized carbons (Fsp3) is 0.136. The van der Waals surface area contributed by atoms with Crippen molar-refractivity contribution in [3.05, 3.63) is 82.3 Å². The minimum atomic E-state index is -3.95. The summed E-state index contributed by atoms with van der Waals surface area (Å²) in [5.74, 6) is -0.176. The number of nitrogens with zero attached hydrogens (tertiary/aromatic N) is 1. The van der Waals surface area contributed by atoms with Crippen LogP contribution in [0.4, 0.5) is 11.4 Å². The topological polar surface area (TPSA) is 75.7 Å². The van der Waals surface area contributed by atoms with Crippen LogP contribution in [0.1, 0.15) is 5.56 Å². The highest BCUT2D eigenvalue weighted by Gasteiger charge is 2.37. The molecule has 6 nitrogen and oxygen atoms in total. The molecule has 3 aromatic rings. The van der Waals surface area contributed by atoms with E-state index in [4.69, 9.17) is 27.9 Å². The summed E-state index contributed by atoms with van der Waals surface area (Å²) in [5.41, 5.74) is 1.60. The Morgan fingerprint density at radius 1 is 1.03 bits per heavy atom. The predicted molar refractivity (Wildman–Crippen MR) is 122 cm³/mol. The Bertz CT molecular complexity index is 1250. The van der Waals surface area contributed by atoms with Gasteiger partial charge in [-0.3, -0.25) is 9.10 Å². The summed E-state index contributed by atoms with van der Waals surface area (Å²) in [4.78, 5) is 13.0. The first-order chi connectivity index (χ1) is 14.8. The second-order valence-corrected chi connectivity index (χ2v) is 9.67. The Morgan fingerprint density at radius 2 is 1.74 bits per heavy atom. The number of ether oxygens (including phenoxy) is 1. The Labute approximate surface area is 190 Å². The maximum Gasteiger partial charge on any atom is 0.267 e. The minimum absolute atomic E-state index is 0.0680. The number of halogens is 2. The molecule has 1 N–H and O–H groups in total. The molecule has 1 atom stereocenters. The average Bonchev–Trinajstić information content (AvgIpc) is 2.76. The van der Waals surface area contributed by atoms with Gasteiger partial charge in [0, 0.05) is 15.7 Å². The van der Waals surface area contributed by atoms with E-state index in [0.29, 0.717) is 32.7 Å². The second-order valence-electron chi connectivity index (χ2n) is 6.97. The fourth-order valence-corrected chi connectivity index (χ4v) is 5.03. The molecule has 0 saturated heterocycles. The molecule has 1 amide bonds. The molecule has 1 aliphatic heterocycles. The molecular weight excluding hydrogens is 459 g/mol. The van der Waals surface area contributed by atoms with Gasteiger partial charge >= 0.3 is 0 Å². The molecule has 0 radical (unpaired) electrons.